The number of carbonyl (C=O) groups is 1. The molecular formula is C66H123NO8. The third-order valence-electron chi connectivity index (χ3n) is 15.4. The molecule has 0 aromatic carbocycles. The molecule has 1 heterocycles. The molecule has 1 amide bonds. The summed E-state index contributed by atoms with van der Waals surface area (Å²) >= 11 is 0. The van der Waals surface area contributed by atoms with Gasteiger partial charge in [-0.05, 0) is 70.6 Å². The second-order valence-corrected chi connectivity index (χ2v) is 22.5. The van der Waals surface area contributed by atoms with Crippen LogP contribution in [0.3, 0.4) is 0 Å². The molecular weight excluding hydrogens is 935 g/mol. The lowest BCUT2D eigenvalue weighted by atomic mass is 9.99. The number of allylic oxidation sites excluding steroid dienone is 7. The zero-order valence-corrected chi connectivity index (χ0v) is 49.1. The maximum absolute atomic E-state index is 13.1. The zero-order valence-electron chi connectivity index (χ0n) is 49.1. The number of aliphatic hydroxyl groups is 5. The van der Waals surface area contributed by atoms with Gasteiger partial charge >= 0.3 is 0 Å². The molecule has 1 fully saturated rings. The van der Waals surface area contributed by atoms with E-state index in [-0.39, 0.29) is 12.5 Å². The minimum atomic E-state index is -1.58. The molecule has 1 aliphatic rings. The van der Waals surface area contributed by atoms with Crippen molar-refractivity contribution >= 4 is 5.91 Å². The van der Waals surface area contributed by atoms with Crippen LogP contribution >= 0.6 is 0 Å². The Morgan fingerprint density at radius 3 is 1.12 bits per heavy atom. The van der Waals surface area contributed by atoms with Gasteiger partial charge in [-0.15, -0.1) is 0 Å². The highest BCUT2D eigenvalue weighted by Crippen LogP contribution is 2.23. The number of carbonyl (C=O) groups excluding carboxylic acids is 1. The summed E-state index contributed by atoms with van der Waals surface area (Å²) in [7, 11) is 0. The van der Waals surface area contributed by atoms with Crippen LogP contribution in [0.4, 0.5) is 0 Å². The fourth-order valence-corrected chi connectivity index (χ4v) is 10.2. The molecule has 6 N–H and O–H groups in total. The molecule has 0 aliphatic carbocycles. The highest BCUT2D eigenvalue weighted by atomic mass is 16.7. The minimum Gasteiger partial charge on any atom is -0.394 e. The summed E-state index contributed by atoms with van der Waals surface area (Å²) in [6.07, 6.45) is 67.7. The Morgan fingerprint density at radius 1 is 0.440 bits per heavy atom. The Morgan fingerprint density at radius 2 is 0.760 bits per heavy atom. The van der Waals surface area contributed by atoms with E-state index in [1.54, 1.807) is 6.08 Å². The molecule has 0 bridgehead atoms. The Bertz CT molecular complexity index is 1320. The van der Waals surface area contributed by atoms with E-state index in [1.165, 1.54) is 244 Å². The summed E-state index contributed by atoms with van der Waals surface area (Å²) in [5, 5.41) is 54.6. The van der Waals surface area contributed by atoms with Gasteiger partial charge in [-0.2, -0.15) is 0 Å². The van der Waals surface area contributed by atoms with Gasteiger partial charge in [0.25, 0.3) is 0 Å². The normalized spacial score (nSPS) is 19.2. The van der Waals surface area contributed by atoms with E-state index in [4.69, 9.17) is 9.47 Å². The molecule has 0 radical (unpaired) electrons. The zero-order chi connectivity index (χ0) is 54.3. The van der Waals surface area contributed by atoms with Crippen molar-refractivity contribution in [3.8, 4) is 0 Å². The maximum atomic E-state index is 13.1. The number of unbranched alkanes of at least 4 members (excludes halogenated alkanes) is 40. The fraction of sp³-hybridized carbons (Fsp3) is 0.864. The molecule has 0 saturated carbocycles. The summed E-state index contributed by atoms with van der Waals surface area (Å²) in [5.74, 6) is -0.187. The average molecular weight is 1060 g/mol. The summed E-state index contributed by atoms with van der Waals surface area (Å²) < 4.78 is 11.3. The van der Waals surface area contributed by atoms with Crippen LogP contribution in [-0.2, 0) is 14.3 Å². The van der Waals surface area contributed by atoms with Gasteiger partial charge in [-0.25, -0.2) is 0 Å². The molecule has 7 unspecified atom stereocenters. The van der Waals surface area contributed by atoms with Crippen LogP contribution in [0.2, 0.25) is 0 Å². The number of hydrogen-bond acceptors (Lipinski definition) is 8. The minimum absolute atomic E-state index is 0.187. The number of hydrogen-bond donors (Lipinski definition) is 6. The van der Waals surface area contributed by atoms with E-state index in [9.17, 15) is 30.3 Å². The first kappa shape index (κ1) is 71.2. The lowest BCUT2D eigenvalue weighted by molar-refractivity contribution is -0.302. The van der Waals surface area contributed by atoms with E-state index >= 15 is 0 Å². The van der Waals surface area contributed by atoms with Crippen LogP contribution in [0.25, 0.3) is 0 Å². The summed E-state index contributed by atoms with van der Waals surface area (Å²) in [6.45, 7) is 3.80. The largest absolute Gasteiger partial charge is 0.394 e. The third-order valence-corrected chi connectivity index (χ3v) is 15.4. The Balaban J connectivity index is 2.19. The number of nitrogens with one attached hydrogen (secondary N) is 1. The topological polar surface area (TPSA) is 149 Å². The third kappa shape index (κ3) is 44.7. The summed E-state index contributed by atoms with van der Waals surface area (Å²) in [4.78, 5) is 13.1. The Hall–Kier alpha value is -1.85. The summed E-state index contributed by atoms with van der Waals surface area (Å²) in [5.41, 5.74) is 0. The quantitative estimate of drug-likeness (QED) is 0.0261. The molecule has 9 nitrogen and oxygen atoms in total. The molecule has 7 atom stereocenters. The first-order valence-corrected chi connectivity index (χ1v) is 32.4. The van der Waals surface area contributed by atoms with Gasteiger partial charge in [-0.1, -0.05) is 281 Å². The second-order valence-electron chi connectivity index (χ2n) is 22.5. The predicted octanol–water partition coefficient (Wildman–Crippen LogP) is 16.9. The predicted molar refractivity (Wildman–Crippen MR) is 318 cm³/mol. The van der Waals surface area contributed by atoms with Gasteiger partial charge in [0.2, 0.25) is 5.91 Å². The molecule has 1 saturated heterocycles. The lowest BCUT2D eigenvalue weighted by Gasteiger charge is -2.40. The molecule has 0 spiro atoms. The lowest BCUT2D eigenvalue weighted by Crippen LogP contribution is -2.60. The molecule has 9 heteroatoms. The standard InChI is InChI=1S/C66H123NO8/c1-3-5-7-9-11-13-15-17-19-21-23-25-27-28-29-30-31-32-34-36-38-40-42-44-46-48-50-52-54-56-62(70)67-59(58-74-66-65(73)64(72)63(71)61(57-68)75-66)60(69)55-53-51-49-47-45-43-41-39-37-35-33-26-24-22-20-18-16-14-12-10-8-6-4-2/h28-29,37,39,45,47,53,55,59-61,63-66,68-69,71-73H,3-27,30-36,38,40-44,46,48-52,54,56-58H2,1-2H3,(H,67,70)/b29-28-,39-37+,47-45+,55-53+. The molecule has 0 aromatic rings. The van der Waals surface area contributed by atoms with Crippen molar-refractivity contribution < 1.29 is 39.8 Å². The van der Waals surface area contributed by atoms with Gasteiger partial charge in [0.05, 0.1) is 25.4 Å². The number of rotatable bonds is 56. The fourth-order valence-electron chi connectivity index (χ4n) is 10.2. The average Bonchev–Trinajstić information content (AvgIpc) is 3.41. The number of ether oxygens (including phenoxy) is 2. The van der Waals surface area contributed by atoms with Crippen molar-refractivity contribution in [3.05, 3.63) is 48.6 Å². The van der Waals surface area contributed by atoms with Crippen LogP contribution in [0, 0.1) is 0 Å². The van der Waals surface area contributed by atoms with Crippen LogP contribution in [-0.4, -0.2) is 87.5 Å². The van der Waals surface area contributed by atoms with Crippen molar-refractivity contribution in [2.75, 3.05) is 13.2 Å². The molecule has 440 valence electrons. The van der Waals surface area contributed by atoms with E-state index in [2.05, 4.69) is 55.6 Å². The van der Waals surface area contributed by atoms with Crippen LogP contribution in [0.15, 0.2) is 48.6 Å². The van der Waals surface area contributed by atoms with Crippen molar-refractivity contribution in [1.82, 2.24) is 5.32 Å². The molecule has 75 heavy (non-hydrogen) atoms. The van der Waals surface area contributed by atoms with Gasteiger partial charge in [0, 0.05) is 6.42 Å². The van der Waals surface area contributed by atoms with Crippen molar-refractivity contribution in [1.29, 1.82) is 0 Å². The SMILES string of the molecule is CCCCCCCCCCCCCC/C=C\CCCCCCCCCCCCCCCC(=O)NC(COC1OC(CO)C(O)C(O)C1O)C(O)/C=C/CC/C=C/CC/C=C/CCCCCCCCCCCCCCC. The van der Waals surface area contributed by atoms with Crippen LogP contribution in [0.5, 0.6) is 0 Å². The Labute approximate surface area is 463 Å². The van der Waals surface area contributed by atoms with Crippen molar-refractivity contribution in [2.45, 2.75) is 352 Å². The van der Waals surface area contributed by atoms with Gasteiger partial charge in [-0.3, -0.25) is 4.79 Å². The highest BCUT2D eigenvalue weighted by Gasteiger charge is 2.44. The summed E-state index contributed by atoms with van der Waals surface area (Å²) in [6, 6.07) is -0.830. The van der Waals surface area contributed by atoms with Crippen molar-refractivity contribution in [2.24, 2.45) is 0 Å². The monoisotopic (exact) mass is 1060 g/mol. The Kier molecular flexibility index (Phi) is 52.6. The smallest absolute Gasteiger partial charge is 0.220 e. The maximum Gasteiger partial charge on any atom is 0.220 e. The van der Waals surface area contributed by atoms with E-state index in [1.807, 2.05) is 6.08 Å². The van der Waals surface area contributed by atoms with Crippen molar-refractivity contribution in [3.63, 3.8) is 0 Å². The van der Waals surface area contributed by atoms with E-state index < -0.39 is 49.5 Å². The highest BCUT2D eigenvalue weighted by molar-refractivity contribution is 5.76. The molecule has 0 aromatic heterocycles. The number of amides is 1. The van der Waals surface area contributed by atoms with E-state index in [0.29, 0.717) is 6.42 Å². The van der Waals surface area contributed by atoms with E-state index in [0.717, 1.165) is 44.9 Å². The van der Waals surface area contributed by atoms with Gasteiger partial charge < -0.3 is 40.3 Å². The van der Waals surface area contributed by atoms with Gasteiger partial charge in [0.1, 0.15) is 24.4 Å². The molecule has 1 rings (SSSR count). The molecule has 1 aliphatic heterocycles. The first-order chi connectivity index (χ1) is 36.8. The first-order valence-electron chi connectivity index (χ1n) is 32.4. The number of aliphatic hydroxyl groups excluding tert-OH is 5. The second kappa shape index (κ2) is 55.5. The van der Waals surface area contributed by atoms with Gasteiger partial charge in [0.15, 0.2) is 6.29 Å². The van der Waals surface area contributed by atoms with Crippen LogP contribution in [0.1, 0.15) is 309 Å². The van der Waals surface area contributed by atoms with Crippen LogP contribution < -0.4 is 5.32 Å².